The lowest BCUT2D eigenvalue weighted by Gasteiger charge is -2.16. The van der Waals surface area contributed by atoms with Gasteiger partial charge in [0, 0.05) is 31.6 Å². The standard InChI is InChI=1S/C21H27ClN4O/c1-12(2)17-8-7-15(21(23-5)24-17)19-13(3)9-18-20(25-19)16(22)10-26(18)14(4)11-27-6/h7-10,12,14H,11H2,1-6H3,(H,23,24)/t14-/m0/s1. The normalized spacial score (nSPS) is 12.7. The lowest BCUT2D eigenvalue weighted by atomic mass is 10.0. The number of pyridine rings is 2. The van der Waals surface area contributed by atoms with Gasteiger partial charge in [-0.3, -0.25) is 0 Å². The van der Waals surface area contributed by atoms with Gasteiger partial charge in [0.05, 0.1) is 28.9 Å². The van der Waals surface area contributed by atoms with E-state index >= 15 is 0 Å². The number of methoxy groups -OCH3 is 1. The molecule has 0 aliphatic carbocycles. The molecule has 0 saturated carbocycles. The van der Waals surface area contributed by atoms with Gasteiger partial charge in [-0.05, 0) is 43.5 Å². The third-order valence-corrected chi connectivity index (χ3v) is 5.11. The summed E-state index contributed by atoms with van der Waals surface area (Å²) in [6.07, 6.45) is 1.94. The summed E-state index contributed by atoms with van der Waals surface area (Å²) >= 11 is 6.52. The number of halogens is 1. The highest BCUT2D eigenvalue weighted by atomic mass is 35.5. The number of nitrogens with one attached hydrogen (secondary N) is 1. The van der Waals surface area contributed by atoms with Gasteiger partial charge in [0.1, 0.15) is 11.3 Å². The van der Waals surface area contributed by atoms with Crippen LogP contribution in [-0.4, -0.2) is 35.3 Å². The number of anilines is 1. The molecule has 0 unspecified atom stereocenters. The van der Waals surface area contributed by atoms with Gasteiger partial charge < -0.3 is 14.6 Å². The first-order chi connectivity index (χ1) is 12.9. The zero-order chi connectivity index (χ0) is 19.7. The van der Waals surface area contributed by atoms with Crippen molar-refractivity contribution >= 4 is 28.5 Å². The quantitative estimate of drug-likeness (QED) is 0.613. The maximum Gasteiger partial charge on any atom is 0.135 e. The van der Waals surface area contributed by atoms with Crippen LogP contribution in [0, 0.1) is 6.92 Å². The second-order valence-corrected chi connectivity index (χ2v) is 7.65. The lowest BCUT2D eigenvalue weighted by Crippen LogP contribution is -2.10. The largest absolute Gasteiger partial charge is 0.383 e. The van der Waals surface area contributed by atoms with Crippen molar-refractivity contribution < 1.29 is 4.74 Å². The maximum absolute atomic E-state index is 6.52. The molecule has 3 aromatic rings. The number of aromatic nitrogens is 3. The highest BCUT2D eigenvalue weighted by molar-refractivity contribution is 6.35. The van der Waals surface area contributed by atoms with Crippen LogP contribution in [0.3, 0.4) is 0 Å². The van der Waals surface area contributed by atoms with Crippen molar-refractivity contribution in [1.29, 1.82) is 0 Å². The monoisotopic (exact) mass is 386 g/mol. The molecule has 0 aliphatic heterocycles. The van der Waals surface area contributed by atoms with Gasteiger partial charge in [0.2, 0.25) is 0 Å². The third kappa shape index (κ3) is 3.66. The molecule has 0 aromatic carbocycles. The van der Waals surface area contributed by atoms with E-state index in [1.165, 1.54) is 0 Å². The van der Waals surface area contributed by atoms with E-state index in [2.05, 4.69) is 55.8 Å². The second kappa shape index (κ2) is 7.87. The molecule has 5 nitrogen and oxygen atoms in total. The number of hydrogen-bond acceptors (Lipinski definition) is 4. The summed E-state index contributed by atoms with van der Waals surface area (Å²) in [6.45, 7) is 9.08. The molecule has 3 heterocycles. The Morgan fingerprint density at radius 1 is 1.22 bits per heavy atom. The molecule has 144 valence electrons. The minimum atomic E-state index is 0.178. The molecule has 3 aromatic heterocycles. The van der Waals surface area contributed by atoms with Gasteiger partial charge in [0.25, 0.3) is 0 Å². The summed E-state index contributed by atoms with van der Waals surface area (Å²) in [4.78, 5) is 9.68. The van der Waals surface area contributed by atoms with Gasteiger partial charge in [-0.1, -0.05) is 25.4 Å². The van der Waals surface area contributed by atoms with E-state index in [0.29, 0.717) is 17.5 Å². The van der Waals surface area contributed by atoms with E-state index in [-0.39, 0.29) is 6.04 Å². The van der Waals surface area contributed by atoms with E-state index in [1.54, 1.807) is 7.11 Å². The first-order valence-corrected chi connectivity index (χ1v) is 9.60. The molecule has 27 heavy (non-hydrogen) atoms. The Balaban J connectivity index is 2.17. The summed E-state index contributed by atoms with van der Waals surface area (Å²) in [5.41, 5.74) is 5.83. The van der Waals surface area contributed by atoms with Crippen LogP contribution in [0.2, 0.25) is 5.02 Å². The number of ether oxygens (including phenoxy) is 1. The number of nitrogens with zero attached hydrogens (tertiary/aromatic N) is 3. The Morgan fingerprint density at radius 2 is 1.96 bits per heavy atom. The van der Waals surface area contributed by atoms with Crippen LogP contribution in [-0.2, 0) is 4.74 Å². The number of hydrogen-bond donors (Lipinski definition) is 1. The molecular formula is C21H27ClN4O. The maximum atomic E-state index is 6.52. The zero-order valence-corrected chi connectivity index (χ0v) is 17.6. The van der Waals surface area contributed by atoms with Crippen LogP contribution < -0.4 is 5.32 Å². The summed E-state index contributed by atoms with van der Waals surface area (Å²) in [6, 6.07) is 6.48. The van der Waals surface area contributed by atoms with Crippen molar-refractivity contribution in [1.82, 2.24) is 14.5 Å². The molecule has 0 aliphatic rings. The Hall–Kier alpha value is -2.11. The average Bonchev–Trinajstić information content (AvgIpc) is 2.96. The molecule has 3 rings (SSSR count). The van der Waals surface area contributed by atoms with E-state index < -0.39 is 0 Å². The zero-order valence-electron chi connectivity index (χ0n) is 16.8. The topological polar surface area (TPSA) is 52.0 Å². The molecule has 0 bridgehead atoms. The van der Waals surface area contributed by atoms with Crippen LogP contribution in [0.1, 0.15) is 44.0 Å². The second-order valence-electron chi connectivity index (χ2n) is 7.25. The lowest BCUT2D eigenvalue weighted by molar-refractivity contribution is 0.164. The molecular weight excluding hydrogens is 360 g/mol. The van der Waals surface area contributed by atoms with E-state index in [9.17, 15) is 0 Å². The summed E-state index contributed by atoms with van der Waals surface area (Å²) in [5.74, 6) is 1.20. The molecule has 0 amide bonds. The molecule has 1 atom stereocenters. The molecule has 6 heteroatoms. The van der Waals surface area contributed by atoms with Crippen LogP contribution in [0.25, 0.3) is 22.3 Å². The average molecular weight is 387 g/mol. The molecule has 1 N–H and O–H groups in total. The van der Waals surface area contributed by atoms with Crippen LogP contribution in [0.4, 0.5) is 5.82 Å². The molecule has 0 fully saturated rings. The fourth-order valence-corrected chi connectivity index (χ4v) is 3.60. The van der Waals surface area contributed by atoms with Crippen molar-refractivity contribution in [2.24, 2.45) is 0 Å². The Kier molecular flexibility index (Phi) is 5.72. The van der Waals surface area contributed by atoms with Crippen LogP contribution in [0.5, 0.6) is 0 Å². The molecule has 0 saturated heterocycles. The number of fused-ring (bicyclic) bond motifs is 1. The minimum absolute atomic E-state index is 0.178. The Morgan fingerprint density at radius 3 is 2.59 bits per heavy atom. The van der Waals surface area contributed by atoms with Gasteiger partial charge in [-0.2, -0.15) is 0 Å². The SMILES string of the molecule is CNc1nc(C(C)C)ccc1-c1nc2c(Cl)cn([C@@H](C)COC)c2cc1C. The third-order valence-electron chi connectivity index (χ3n) is 4.83. The Bertz CT molecular complexity index is 964. The summed E-state index contributed by atoms with van der Waals surface area (Å²) in [5, 5.41) is 3.86. The van der Waals surface area contributed by atoms with Gasteiger partial charge in [-0.25, -0.2) is 9.97 Å². The van der Waals surface area contributed by atoms with E-state index in [0.717, 1.165) is 39.4 Å². The van der Waals surface area contributed by atoms with E-state index in [1.807, 2.05) is 13.2 Å². The van der Waals surface area contributed by atoms with Gasteiger partial charge in [-0.15, -0.1) is 0 Å². The fourth-order valence-electron chi connectivity index (χ4n) is 3.36. The highest BCUT2D eigenvalue weighted by Gasteiger charge is 2.18. The predicted molar refractivity (Wildman–Crippen MR) is 113 cm³/mol. The first-order valence-electron chi connectivity index (χ1n) is 9.23. The summed E-state index contributed by atoms with van der Waals surface area (Å²) < 4.78 is 7.43. The number of aryl methyl sites for hydroxylation is 1. The molecule has 0 spiro atoms. The van der Waals surface area contributed by atoms with Crippen molar-refractivity contribution in [3.05, 3.63) is 40.7 Å². The van der Waals surface area contributed by atoms with Crippen molar-refractivity contribution in [3.63, 3.8) is 0 Å². The minimum Gasteiger partial charge on any atom is -0.383 e. The molecule has 0 radical (unpaired) electrons. The number of rotatable bonds is 6. The van der Waals surface area contributed by atoms with Crippen LogP contribution in [0.15, 0.2) is 24.4 Å². The van der Waals surface area contributed by atoms with Crippen molar-refractivity contribution in [2.75, 3.05) is 26.1 Å². The highest BCUT2D eigenvalue weighted by Crippen LogP contribution is 2.34. The van der Waals surface area contributed by atoms with Crippen molar-refractivity contribution in [2.45, 2.75) is 39.7 Å². The van der Waals surface area contributed by atoms with E-state index in [4.69, 9.17) is 26.3 Å². The van der Waals surface area contributed by atoms with Crippen molar-refractivity contribution in [3.8, 4) is 11.3 Å². The van der Waals surface area contributed by atoms with Crippen LogP contribution >= 0.6 is 11.6 Å². The van der Waals surface area contributed by atoms with Gasteiger partial charge >= 0.3 is 0 Å². The fraction of sp³-hybridized carbons (Fsp3) is 0.429. The predicted octanol–water partition coefficient (Wildman–Crippen LogP) is 5.43. The first kappa shape index (κ1) is 19.6. The van der Waals surface area contributed by atoms with Gasteiger partial charge in [0.15, 0.2) is 0 Å². The Labute approximate surface area is 165 Å². The summed E-state index contributed by atoms with van der Waals surface area (Å²) in [7, 11) is 3.60. The smallest absolute Gasteiger partial charge is 0.135 e.